The topological polar surface area (TPSA) is 35.5 Å². The Morgan fingerprint density at radius 3 is 2.11 bits per heavy atom. The van der Waals surface area contributed by atoms with Gasteiger partial charge < -0.3 is 17.9 Å². The smallest absolute Gasteiger partial charge is 0.623 e. The molecule has 3 nitrogen and oxygen atoms in total. The monoisotopic (exact) mass is 135 g/mol. The average molecular weight is 135 g/mol. The van der Waals surface area contributed by atoms with E-state index in [-0.39, 0.29) is 0 Å². The van der Waals surface area contributed by atoms with Crippen LogP contribution in [0.3, 0.4) is 0 Å². The van der Waals surface area contributed by atoms with Crippen LogP contribution in [0, 0.1) is 0 Å². The molecule has 0 radical (unpaired) electrons. The van der Waals surface area contributed by atoms with Crippen LogP contribution in [-0.4, -0.2) is 13.1 Å². The molecule has 50 valence electrons. The van der Waals surface area contributed by atoms with Crippen LogP contribution < -0.4 is 0 Å². The van der Waals surface area contributed by atoms with E-state index in [4.69, 9.17) is 0 Å². The summed E-state index contributed by atoms with van der Waals surface area (Å²) in [5, 5.41) is 0. The maximum atomic E-state index is 11.8. The third-order valence-corrected chi connectivity index (χ3v) is 0.751. The number of carbonyl (C=O) groups excluding carboxylic acids is 1. The number of carbonyl (C=O) groups is 1. The molecule has 0 aliphatic carbocycles. The van der Waals surface area contributed by atoms with Gasteiger partial charge in [0.2, 0.25) is 0 Å². The molecular formula is C3H2BF2O3-. The van der Waals surface area contributed by atoms with E-state index in [2.05, 4.69) is 15.9 Å². The molecule has 0 N–H and O–H groups in total. The molecule has 0 spiro atoms. The van der Waals surface area contributed by atoms with Crippen LogP contribution in [0.4, 0.5) is 8.63 Å². The van der Waals surface area contributed by atoms with E-state index in [0.29, 0.717) is 0 Å². The molecule has 0 aromatic heterocycles. The van der Waals surface area contributed by atoms with Crippen molar-refractivity contribution in [3.8, 4) is 0 Å². The Hall–Kier alpha value is -1.07. The van der Waals surface area contributed by atoms with Gasteiger partial charge >= 0.3 is 13.1 Å². The Kier molecular flexibility index (Phi) is 0.983. The van der Waals surface area contributed by atoms with E-state index < -0.39 is 18.8 Å². The van der Waals surface area contributed by atoms with Crippen molar-refractivity contribution in [1.29, 1.82) is 0 Å². The summed E-state index contributed by atoms with van der Waals surface area (Å²) in [6.07, 6.45) is 0. The minimum absolute atomic E-state index is 0.639. The van der Waals surface area contributed by atoms with Gasteiger partial charge in [-0.2, -0.15) is 0 Å². The van der Waals surface area contributed by atoms with Crippen molar-refractivity contribution < 1.29 is 22.7 Å². The maximum absolute atomic E-state index is 11.8. The Balaban J connectivity index is 2.76. The second-order valence-electron chi connectivity index (χ2n) is 1.48. The highest BCUT2D eigenvalue weighted by atomic mass is 19.3. The van der Waals surface area contributed by atoms with E-state index >= 15 is 0 Å². The quantitative estimate of drug-likeness (QED) is 0.357. The normalized spacial score (nSPS) is 23.3. The molecule has 1 rings (SSSR count). The van der Waals surface area contributed by atoms with Crippen LogP contribution in [0.25, 0.3) is 0 Å². The van der Waals surface area contributed by atoms with Crippen LogP contribution in [-0.2, 0) is 14.1 Å². The second-order valence-corrected chi connectivity index (χ2v) is 1.48. The van der Waals surface area contributed by atoms with Gasteiger partial charge in [-0.25, -0.2) is 4.79 Å². The Bertz CT molecular complexity index is 160. The molecule has 6 heteroatoms. The molecule has 1 heterocycles. The van der Waals surface area contributed by atoms with Crippen molar-refractivity contribution in [3.05, 3.63) is 12.3 Å². The Labute approximate surface area is 49.3 Å². The Morgan fingerprint density at radius 2 is 2.00 bits per heavy atom. The zero-order valence-corrected chi connectivity index (χ0v) is 4.27. The lowest BCUT2D eigenvalue weighted by atomic mass is 10.2. The summed E-state index contributed by atoms with van der Waals surface area (Å²) >= 11 is 0. The first-order valence-electron chi connectivity index (χ1n) is 2.12. The Morgan fingerprint density at radius 1 is 1.44 bits per heavy atom. The van der Waals surface area contributed by atoms with Gasteiger partial charge in [-0.1, -0.05) is 6.58 Å². The largest absolute Gasteiger partial charge is 0.728 e. The van der Waals surface area contributed by atoms with Gasteiger partial charge in [0, 0.05) is 0 Å². The number of halogens is 2. The van der Waals surface area contributed by atoms with Gasteiger partial charge in [0.15, 0.2) is 5.76 Å². The molecule has 0 saturated carbocycles. The molecule has 1 aliphatic heterocycles. The van der Waals surface area contributed by atoms with E-state index in [1.165, 1.54) is 0 Å². The third kappa shape index (κ3) is 1.01. The molecule has 1 aliphatic rings. The van der Waals surface area contributed by atoms with Crippen molar-refractivity contribution in [2.24, 2.45) is 0 Å². The fourth-order valence-electron chi connectivity index (χ4n) is 0.428. The SMILES string of the molecule is C=C1O[B-](F)(F)OC1=O. The highest BCUT2D eigenvalue weighted by molar-refractivity contribution is 6.57. The first-order chi connectivity index (χ1) is 4.01. The average Bonchev–Trinajstić information content (AvgIpc) is 1.79. The van der Waals surface area contributed by atoms with Crippen molar-refractivity contribution in [3.63, 3.8) is 0 Å². The molecule has 0 aromatic carbocycles. The van der Waals surface area contributed by atoms with Gasteiger partial charge in [0.05, 0.1) is 0 Å². The minimum Gasteiger partial charge on any atom is -0.623 e. The highest BCUT2D eigenvalue weighted by Crippen LogP contribution is 2.23. The predicted octanol–water partition coefficient (Wildman–Crippen LogP) is 0.448. The van der Waals surface area contributed by atoms with Gasteiger partial charge in [0.1, 0.15) is 0 Å². The van der Waals surface area contributed by atoms with Crippen LogP contribution in [0.1, 0.15) is 0 Å². The molecule has 1 fully saturated rings. The fourth-order valence-corrected chi connectivity index (χ4v) is 0.428. The number of rotatable bonds is 0. The lowest BCUT2D eigenvalue weighted by Gasteiger charge is -2.12. The number of hydrogen-bond donors (Lipinski definition) is 0. The second kappa shape index (κ2) is 1.46. The standard InChI is InChI=1S/C3H2BF2O3/c1-2-3(7)9-4(5,6)8-2/h1H2/q-1. The molecule has 0 unspecified atom stereocenters. The molecule has 0 aromatic rings. The van der Waals surface area contributed by atoms with Gasteiger partial charge in [-0.15, -0.1) is 0 Å². The summed E-state index contributed by atoms with van der Waals surface area (Å²) in [4.78, 5) is 10.1. The van der Waals surface area contributed by atoms with Crippen LogP contribution in [0.15, 0.2) is 12.3 Å². The molecule has 0 amide bonds. The van der Waals surface area contributed by atoms with Crippen LogP contribution >= 0.6 is 0 Å². The van der Waals surface area contributed by atoms with Crippen molar-refractivity contribution in [2.75, 3.05) is 0 Å². The van der Waals surface area contributed by atoms with E-state index in [1.54, 1.807) is 0 Å². The molecule has 0 atom stereocenters. The van der Waals surface area contributed by atoms with E-state index in [9.17, 15) is 13.4 Å². The molecule has 1 saturated heterocycles. The van der Waals surface area contributed by atoms with Gasteiger partial charge in [-0.05, 0) is 0 Å². The van der Waals surface area contributed by atoms with Crippen molar-refractivity contribution >= 4 is 13.1 Å². The minimum atomic E-state index is -4.40. The fraction of sp³-hybridized carbons (Fsp3) is 0. The predicted molar refractivity (Wildman–Crippen MR) is 24.3 cm³/mol. The van der Waals surface area contributed by atoms with Crippen molar-refractivity contribution in [1.82, 2.24) is 0 Å². The van der Waals surface area contributed by atoms with Crippen molar-refractivity contribution in [2.45, 2.75) is 0 Å². The van der Waals surface area contributed by atoms with Crippen LogP contribution in [0.2, 0.25) is 0 Å². The number of hydrogen-bond acceptors (Lipinski definition) is 3. The summed E-state index contributed by atoms with van der Waals surface area (Å²) < 4.78 is 30.6. The molecule has 0 bridgehead atoms. The maximum Gasteiger partial charge on any atom is 0.728 e. The van der Waals surface area contributed by atoms with E-state index in [0.717, 1.165) is 0 Å². The molecular weight excluding hydrogens is 133 g/mol. The van der Waals surface area contributed by atoms with Gasteiger partial charge in [0.25, 0.3) is 0 Å². The summed E-state index contributed by atoms with van der Waals surface area (Å²) in [6, 6.07) is 0. The first kappa shape index (κ1) is 6.06. The zero-order chi connectivity index (χ0) is 7.07. The molecule has 9 heavy (non-hydrogen) atoms. The first-order valence-corrected chi connectivity index (χ1v) is 2.12. The van der Waals surface area contributed by atoms with E-state index in [1.807, 2.05) is 0 Å². The summed E-state index contributed by atoms with van der Waals surface area (Å²) in [6.45, 7) is 2.87. The van der Waals surface area contributed by atoms with Crippen LogP contribution in [0.5, 0.6) is 0 Å². The lowest BCUT2D eigenvalue weighted by molar-refractivity contribution is -0.130. The highest BCUT2D eigenvalue weighted by Gasteiger charge is 2.43. The summed E-state index contributed by atoms with van der Waals surface area (Å²) in [5.74, 6) is -1.83. The zero-order valence-electron chi connectivity index (χ0n) is 4.27. The lowest BCUT2D eigenvalue weighted by Crippen LogP contribution is -2.23. The summed E-state index contributed by atoms with van der Waals surface area (Å²) in [7, 11) is -4.40. The van der Waals surface area contributed by atoms with Gasteiger partial charge in [-0.3, -0.25) is 0 Å². The summed E-state index contributed by atoms with van der Waals surface area (Å²) in [5.41, 5.74) is 0. The third-order valence-electron chi connectivity index (χ3n) is 0.751.